The molecule has 3 aromatic heterocycles. The molecule has 0 aliphatic rings. The van der Waals surface area contributed by atoms with Crippen LogP contribution in [0.15, 0.2) is 83.9 Å². The van der Waals surface area contributed by atoms with Crippen LogP contribution in [0.3, 0.4) is 0 Å². The second-order valence-electron chi connectivity index (χ2n) is 7.17. The average molecular weight is 411 g/mol. The lowest BCUT2D eigenvalue weighted by atomic mass is 10.1. The highest BCUT2D eigenvalue weighted by Crippen LogP contribution is 2.24. The van der Waals surface area contributed by atoms with Gasteiger partial charge in [0, 0.05) is 18.2 Å². The maximum absolute atomic E-state index is 13.1. The van der Waals surface area contributed by atoms with E-state index in [4.69, 9.17) is 0 Å². The van der Waals surface area contributed by atoms with Crippen LogP contribution >= 0.6 is 0 Å². The molecule has 3 heterocycles. The second-order valence-corrected chi connectivity index (χ2v) is 7.17. The molecule has 1 atom stereocenters. The summed E-state index contributed by atoms with van der Waals surface area (Å²) in [7, 11) is 0. The molecule has 1 N–H and O–H groups in total. The maximum Gasteiger partial charge on any atom is 0.327 e. The van der Waals surface area contributed by atoms with E-state index in [1.54, 1.807) is 16.8 Å². The van der Waals surface area contributed by atoms with Gasteiger partial charge in [-0.1, -0.05) is 60.7 Å². The zero-order valence-corrected chi connectivity index (χ0v) is 16.3. The molecule has 0 spiro atoms. The van der Waals surface area contributed by atoms with E-state index < -0.39 is 17.6 Å². The summed E-state index contributed by atoms with van der Waals surface area (Å²) in [6, 6.07) is 19.4. The van der Waals surface area contributed by atoms with Crippen LogP contribution < -0.4 is 5.56 Å². The molecule has 5 aromatic rings. The number of aromatic nitrogens is 5. The number of fused-ring (bicyclic) bond motifs is 3. The first-order valence-corrected chi connectivity index (χ1v) is 9.71. The van der Waals surface area contributed by atoms with Gasteiger partial charge in [-0.3, -0.25) is 9.36 Å². The molecule has 2 aromatic carbocycles. The van der Waals surface area contributed by atoms with Crippen molar-refractivity contribution in [3.63, 3.8) is 0 Å². The number of aliphatic carboxylic acids is 1. The summed E-state index contributed by atoms with van der Waals surface area (Å²) in [4.78, 5) is 25.1. The van der Waals surface area contributed by atoms with E-state index in [2.05, 4.69) is 15.3 Å². The SMILES string of the molecule is O=C(O)[C@H](Cc1ccccc1)n1ccc2c(nnc3c(-c4ccccc4)cnn32)c1=O. The van der Waals surface area contributed by atoms with Crippen molar-refractivity contribution in [2.45, 2.75) is 12.5 Å². The van der Waals surface area contributed by atoms with E-state index in [1.165, 1.54) is 10.8 Å². The molecule has 8 nitrogen and oxygen atoms in total. The lowest BCUT2D eigenvalue weighted by Crippen LogP contribution is -2.31. The quantitative estimate of drug-likeness (QED) is 0.477. The monoisotopic (exact) mass is 411 g/mol. The third-order valence-electron chi connectivity index (χ3n) is 5.27. The summed E-state index contributed by atoms with van der Waals surface area (Å²) in [6.45, 7) is 0. The predicted molar refractivity (Wildman–Crippen MR) is 115 cm³/mol. The Balaban J connectivity index is 1.63. The molecule has 0 fully saturated rings. The van der Waals surface area contributed by atoms with Crippen LogP contribution in [0.2, 0.25) is 0 Å². The third-order valence-corrected chi connectivity index (χ3v) is 5.27. The van der Waals surface area contributed by atoms with Crippen LogP contribution in [-0.2, 0) is 11.2 Å². The van der Waals surface area contributed by atoms with Gasteiger partial charge in [-0.2, -0.15) is 5.10 Å². The zero-order chi connectivity index (χ0) is 21.4. The van der Waals surface area contributed by atoms with Crippen LogP contribution in [0.25, 0.3) is 27.8 Å². The average Bonchev–Trinajstić information content (AvgIpc) is 3.24. The van der Waals surface area contributed by atoms with E-state index in [0.29, 0.717) is 11.2 Å². The standard InChI is InChI=1S/C23H17N5O3/c29-22-20-18(11-12-27(22)19(23(30)31)13-15-7-3-1-4-8-15)28-21(26-25-20)17(14-24-28)16-9-5-2-6-10-16/h1-12,14,19H,13H2,(H,30,31)/t19-/m0/s1. The van der Waals surface area contributed by atoms with Crippen LogP contribution in [0.4, 0.5) is 0 Å². The van der Waals surface area contributed by atoms with E-state index in [-0.39, 0.29) is 11.9 Å². The first kappa shape index (κ1) is 18.7. The minimum absolute atomic E-state index is 0.0667. The van der Waals surface area contributed by atoms with Crippen molar-refractivity contribution in [2.75, 3.05) is 0 Å². The van der Waals surface area contributed by atoms with Crippen molar-refractivity contribution in [3.8, 4) is 11.1 Å². The lowest BCUT2D eigenvalue weighted by Gasteiger charge is -2.16. The second kappa shape index (κ2) is 7.49. The molecule has 0 saturated carbocycles. The van der Waals surface area contributed by atoms with Crippen LogP contribution in [0.5, 0.6) is 0 Å². The van der Waals surface area contributed by atoms with Gasteiger partial charge in [-0.25, -0.2) is 9.31 Å². The fraction of sp³-hybridized carbons (Fsp3) is 0.0870. The van der Waals surface area contributed by atoms with Crippen molar-refractivity contribution >= 4 is 22.6 Å². The Morgan fingerprint density at radius 2 is 1.68 bits per heavy atom. The highest BCUT2D eigenvalue weighted by atomic mass is 16.4. The molecule has 8 heteroatoms. The molecule has 0 aliphatic heterocycles. The largest absolute Gasteiger partial charge is 0.480 e. The summed E-state index contributed by atoms with van der Waals surface area (Å²) < 4.78 is 2.75. The Morgan fingerprint density at radius 3 is 2.39 bits per heavy atom. The van der Waals surface area contributed by atoms with Gasteiger partial charge in [0.1, 0.15) is 11.6 Å². The summed E-state index contributed by atoms with van der Waals surface area (Å²) in [5, 5.41) is 22.5. The minimum Gasteiger partial charge on any atom is -0.480 e. The van der Waals surface area contributed by atoms with Crippen molar-refractivity contribution in [1.82, 2.24) is 24.4 Å². The van der Waals surface area contributed by atoms with Gasteiger partial charge in [0.25, 0.3) is 5.56 Å². The summed E-state index contributed by atoms with van der Waals surface area (Å²) in [5.74, 6) is -1.09. The van der Waals surface area contributed by atoms with Crippen LogP contribution in [0, 0.1) is 0 Å². The number of carboxylic acids is 1. The summed E-state index contributed by atoms with van der Waals surface area (Å²) >= 11 is 0. The lowest BCUT2D eigenvalue weighted by molar-refractivity contribution is -0.141. The Morgan fingerprint density at radius 1 is 0.968 bits per heavy atom. The summed E-state index contributed by atoms with van der Waals surface area (Å²) in [5.41, 5.74) is 3.10. The first-order valence-electron chi connectivity index (χ1n) is 9.71. The molecule has 5 rings (SSSR count). The number of nitrogens with zero attached hydrogens (tertiary/aromatic N) is 5. The van der Waals surface area contributed by atoms with Gasteiger partial charge in [-0.05, 0) is 17.2 Å². The van der Waals surface area contributed by atoms with Crippen molar-refractivity contribution in [1.29, 1.82) is 0 Å². The first-order chi connectivity index (χ1) is 15.1. The normalized spacial score (nSPS) is 12.3. The van der Waals surface area contributed by atoms with Gasteiger partial charge in [-0.15, -0.1) is 10.2 Å². The van der Waals surface area contributed by atoms with Gasteiger partial charge in [0.15, 0.2) is 11.2 Å². The van der Waals surface area contributed by atoms with Gasteiger partial charge in [0.2, 0.25) is 0 Å². The number of hydrogen-bond donors (Lipinski definition) is 1. The number of hydrogen-bond acceptors (Lipinski definition) is 5. The van der Waals surface area contributed by atoms with Crippen molar-refractivity contribution in [3.05, 3.63) is 95.0 Å². The summed E-state index contributed by atoms with van der Waals surface area (Å²) in [6.07, 6.45) is 3.34. The van der Waals surface area contributed by atoms with Crippen LogP contribution in [0.1, 0.15) is 11.6 Å². The minimum atomic E-state index is -1.09. The molecular formula is C23H17N5O3. The Bertz CT molecular complexity index is 1460. The Kier molecular flexibility index (Phi) is 4.51. The number of benzene rings is 2. The molecule has 152 valence electrons. The molecule has 0 saturated heterocycles. The molecule has 31 heavy (non-hydrogen) atoms. The number of carboxylic acid groups (broad SMARTS) is 1. The van der Waals surface area contributed by atoms with E-state index in [0.717, 1.165) is 16.7 Å². The molecule has 0 aliphatic carbocycles. The number of carbonyl (C=O) groups is 1. The van der Waals surface area contributed by atoms with E-state index in [9.17, 15) is 14.7 Å². The van der Waals surface area contributed by atoms with Gasteiger partial charge in [0.05, 0.1) is 6.20 Å². The fourth-order valence-electron chi connectivity index (χ4n) is 3.71. The van der Waals surface area contributed by atoms with E-state index >= 15 is 0 Å². The molecule has 0 unspecified atom stereocenters. The van der Waals surface area contributed by atoms with Crippen molar-refractivity contribution in [2.24, 2.45) is 0 Å². The Labute approximate surface area is 176 Å². The van der Waals surface area contributed by atoms with Crippen molar-refractivity contribution < 1.29 is 9.90 Å². The number of pyridine rings is 1. The molecule has 0 bridgehead atoms. The van der Waals surface area contributed by atoms with Crippen LogP contribution in [-0.4, -0.2) is 35.5 Å². The molecular weight excluding hydrogens is 394 g/mol. The highest BCUT2D eigenvalue weighted by Gasteiger charge is 2.23. The van der Waals surface area contributed by atoms with Gasteiger partial charge >= 0.3 is 5.97 Å². The highest BCUT2D eigenvalue weighted by molar-refractivity contribution is 5.83. The smallest absolute Gasteiger partial charge is 0.327 e. The fourth-order valence-corrected chi connectivity index (χ4v) is 3.71. The van der Waals surface area contributed by atoms with Gasteiger partial charge < -0.3 is 5.11 Å². The Hall–Kier alpha value is -4.33. The molecule has 0 radical (unpaired) electrons. The zero-order valence-electron chi connectivity index (χ0n) is 16.3. The number of rotatable bonds is 5. The third kappa shape index (κ3) is 3.24. The molecule has 0 amide bonds. The van der Waals surface area contributed by atoms with E-state index in [1.807, 2.05) is 60.7 Å². The topological polar surface area (TPSA) is 102 Å². The maximum atomic E-state index is 13.1. The predicted octanol–water partition coefficient (Wildman–Crippen LogP) is 2.97.